The minimum atomic E-state index is -0.568. The maximum atomic E-state index is 10.1. The number of benzene rings is 2. The molecular formula is C17H20O4. The van der Waals surface area contributed by atoms with Gasteiger partial charge < -0.3 is 19.3 Å². The predicted molar refractivity (Wildman–Crippen MR) is 81.3 cm³/mol. The van der Waals surface area contributed by atoms with Crippen LogP contribution in [0.3, 0.4) is 0 Å². The Morgan fingerprint density at radius 2 is 1.48 bits per heavy atom. The van der Waals surface area contributed by atoms with Crippen LogP contribution in [-0.4, -0.2) is 19.3 Å². The summed E-state index contributed by atoms with van der Waals surface area (Å²) < 4.78 is 16.6. The molecule has 0 aliphatic carbocycles. The van der Waals surface area contributed by atoms with Gasteiger partial charge in [0.15, 0.2) is 11.5 Å². The molecule has 0 radical (unpaired) electrons. The Hall–Kier alpha value is -2.20. The Labute approximate surface area is 124 Å². The first-order valence-electron chi connectivity index (χ1n) is 6.87. The zero-order valence-electron chi connectivity index (χ0n) is 12.5. The number of hydrogen-bond acceptors (Lipinski definition) is 4. The van der Waals surface area contributed by atoms with Gasteiger partial charge in [0.1, 0.15) is 5.75 Å². The Kier molecular flexibility index (Phi) is 5.06. The lowest BCUT2D eigenvalue weighted by atomic mass is 10.1. The number of rotatable bonds is 6. The van der Waals surface area contributed by atoms with Crippen molar-refractivity contribution in [2.24, 2.45) is 0 Å². The molecule has 2 aromatic rings. The molecule has 0 spiro atoms. The van der Waals surface area contributed by atoms with Crippen molar-refractivity contribution in [2.45, 2.75) is 19.4 Å². The molecule has 112 valence electrons. The van der Waals surface area contributed by atoms with E-state index >= 15 is 0 Å². The van der Waals surface area contributed by atoms with Gasteiger partial charge in [0.2, 0.25) is 5.75 Å². The number of ether oxygens (including phenoxy) is 3. The summed E-state index contributed by atoms with van der Waals surface area (Å²) in [5, 5.41) is 10.1. The lowest BCUT2D eigenvalue weighted by molar-refractivity contribution is 0.170. The molecule has 4 heteroatoms. The summed E-state index contributed by atoms with van der Waals surface area (Å²) in [4.78, 5) is 0. The van der Waals surface area contributed by atoms with Gasteiger partial charge in [0.05, 0.1) is 20.3 Å². The van der Waals surface area contributed by atoms with Crippen molar-refractivity contribution in [3.05, 3.63) is 48.0 Å². The molecule has 0 heterocycles. The zero-order valence-corrected chi connectivity index (χ0v) is 12.5. The van der Waals surface area contributed by atoms with Gasteiger partial charge >= 0.3 is 0 Å². The normalized spacial score (nSPS) is 11.8. The van der Waals surface area contributed by atoms with Gasteiger partial charge in [-0.3, -0.25) is 0 Å². The molecule has 0 saturated heterocycles. The Morgan fingerprint density at radius 3 is 2.05 bits per heavy atom. The van der Waals surface area contributed by atoms with Gasteiger partial charge in [-0.05, 0) is 24.6 Å². The Bertz CT molecular complexity index is 573. The van der Waals surface area contributed by atoms with Gasteiger partial charge in [-0.2, -0.15) is 0 Å². The van der Waals surface area contributed by atoms with Crippen molar-refractivity contribution in [2.75, 3.05) is 14.2 Å². The summed E-state index contributed by atoms with van der Waals surface area (Å²) in [7, 11) is 3.16. The molecule has 1 atom stereocenters. The molecule has 0 aliphatic heterocycles. The zero-order chi connectivity index (χ0) is 15.2. The number of para-hydroxylation sites is 2. The number of aliphatic hydroxyl groups excluding tert-OH is 1. The van der Waals surface area contributed by atoms with Crippen molar-refractivity contribution in [1.82, 2.24) is 0 Å². The minimum Gasteiger partial charge on any atom is -0.493 e. The Balaban J connectivity index is 2.43. The van der Waals surface area contributed by atoms with Crippen LogP contribution in [0.15, 0.2) is 42.5 Å². The maximum absolute atomic E-state index is 10.1. The molecule has 0 aliphatic rings. The van der Waals surface area contributed by atoms with Crippen LogP contribution < -0.4 is 14.2 Å². The van der Waals surface area contributed by atoms with Gasteiger partial charge in [0.25, 0.3) is 0 Å². The van der Waals surface area contributed by atoms with Crippen molar-refractivity contribution < 1.29 is 19.3 Å². The van der Waals surface area contributed by atoms with Crippen molar-refractivity contribution in [3.8, 4) is 23.0 Å². The molecule has 1 unspecified atom stereocenters. The van der Waals surface area contributed by atoms with Crippen molar-refractivity contribution in [3.63, 3.8) is 0 Å². The molecule has 0 aromatic heterocycles. The summed E-state index contributed by atoms with van der Waals surface area (Å²) in [6.07, 6.45) is 0.0468. The summed E-state index contributed by atoms with van der Waals surface area (Å²) in [6.45, 7) is 1.92. The Morgan fingerprint density at radius 1 is 0.905 bits per heavy atom. The van der Waals surface area contributed by atoms with E-state index in [1.54, 1.807) is 26.4 Å². The standard InChI is InChI=1S/C17H20O4/c1-4-13(18)12-8-5-6-9-14(12)21-17-15(19-2)10-7-11-16(17)20-3/h5-11,13,18H,4H2,1-3H3. The average Bonchev–Trinajstić information content (AvgIpc) is 2.54. The minimum absolute atomic E-state index is 0.498. The monoisotopic (exact) mass is 288 g/mol. The van der Waals surface area contributed by atoms with Gasteiger partial charge in [-0.1, -0.05) is 31.2 Å². The van der Waals surface area contributed by atoms with Crippen LogP contribution in [0, 0.1) is 0 Å². The summed E-state index contributed by atoms with van der Waals surface area (Å²) >= 11 is 0. The second-order valence-corrected chi connectivity index (χ2v) is 4.56. The molecule has 21 heavy (non-hydrogen) atoms. The van der Waals surface area contributed by atoms with E-state index in [4.69, 9.17) is 14.2 Å². The van der Waals surface area contributed by atoms with E-state index in [0.717, 1.165) is 5.56 Å². The van der Waals surface area contributed by atoms with E-state index in [1.807, 2.05) is 37.3 Å². The van der Waals surface area contributed by atoms with Crippen LogP contribution in [-0.2, 0) is 0 Å². The highest BCUT2D eigenvalue weighted by Gasteiger charge is 2.16. The fourth-order valence-electron chi connectivity index (χ4n) is 2.10. The predicted octanol–water partition coefficient (Wildman–Crippen LogP) is 3.94. The third-order valence-electron chi connectivity index (χ3n) is 3.26. The molecule has 0 amide bonds. The van der Waals surface area contributed by atoms with Gasteiger partial charge in [0, 0.05) is 5.56 Å². The molecule has 0 saturated carbocycles. The van der Waals surface area contributed by atoms with Crippen molar-refractivity contribution >= 4 is 0 Å². The molecule has 4 nitrogen and oxygen atoms in total. The largest absolute Gasteiger partial charge is 0.493 e. The van der Waals surface area contributed by atoms with E-state index < -0.39 is 6.10 Å². The van der Waals surface area contributed by atoms with Crippen LogP contribution in [0.2, 0.25) is 0 Å². The highest BCUT2D eigenvalue weighted by atomic mass is 16.5. The first kappa shape index (κ1) is 15.2. The van der Waals surface area contributed by atoms with E-state index in [2.05, 4.69) is 0 Å². The average molecular weight is 288 g/mol. The molecule has 0 fully saturated rings. The smallest absolute Gasteiger partial charge is 0.211 e. The maximum Gasteiger partial charge on any atom is 0.211 e. The third kappa shape index (κ3) is 3.28. The van der Waals surface area contributed by atoms with Crippen molar-refractivity contribution in [1.29, 1.82) is 0 Å². The van der Waals surface area contributed by atoms with E-state index in [9.17, 15) is 5.11 Å². The fraction of sp³-hybridized carbons (Fsp3) is 0.294. The highest BCUT2D eigenvalue weighted by Crippen LogP contribution is 2.41. The summed E-state index contributed by atoms with van der Waals surface area (Å²) in [6, 6.07) is 12.8. The van der Waals surface area contributed by atoms with Crippen LogP contribution in [0.1, 0.15) is 25.0 Å². The molecule has 1 N–H and O–H groups in total. The highest BCUT2D eigenvalue weighted by molar-refractivity contribution is 5.54. The number of hydrogen-bond donors (Lipinski definition) is 1. The molecular weight excluding hydrogens is 268 g/mol. The first-order valence-corrected chi connectivity index (χ1v) is 6.87. The van der Waals surface area contributed by atoms with Crippen LogP contribution in [0.5, 0.6) is 23.0 Å². The second kappa shape index (κ2) is 6.99. The van der Waals surface area contributed by atoms with E-state index in [1.165, 1.54) is 0 Å². The summed E-state index contributed by atoms with van der Waals surface area (Å²) in [5.41, 5.74) is 0.743. The van der Waals surface area contributed by atoms with Crippen LogP contribution >= 0.6 is 0 Å². The summed E-state index contributed by atoms with van der Waals surface area (Å²) in [5.74, 6) is 2.25. The third-order valence-corrected chi connectivity index (χ3v) is 3.26. The lowest BCUT2D eigenvalue weighted by Crippen LogP contribution is -2.00. The van der Waals surface area contributed by atoms with Gasteiger partial charge in [-0.15, -0.1) is 0 Å². The second-order valence-electron chi connectivity index (χ2n) is 4.56. The van der Waals surface area contributed by atoms with E-state index in [-0.39, 0.29) is 0 Å². The molecule has 2 rings (SSSR count). The number of aliphatic hydroxyl groups is 1. The van der Waals surface area contributed by atoms with Crippen LogP contribution in [0.4, 0.5) is 0 Å². The topological polar surface area (TPSA) is 47.9 Å². The number of methoxy groups -OCH3 is 2. The quantitative estimate of drug-likeness (QED) is 0.874. The first-order chi connectivity index (χ1) is 10.2. The lowest BCUT2D eigenvalue weighted by Gasteiger charge is -2.17. The fourth-order valence-corrected chi connectivity index (χ4v) is 2.10. The molecule has 0 bridgehead atoms. The SMILES string of the molecule is CCC(O)c1ccccc1Oc1c(OC)cccc1OC. The molecule has 2 aromatic carbocycles. The van der Waals surface area contributed by atoms with Crippen LogP contribution in [0.25, 0.3) is 0 Å². The van der Waals surface area contributed by atoms with Gasteiger partial charge in [-0.25, -0.2) is 0 Å². The van der Waals surface area contributed by atoms with E-state index in [0.29, 0.717) is 29.4 Å².